The van der Waals surface area contributed by atoms with Gasteiger partial charge in [-0.25, -0.2) is 0 Å². The van der Waals surface area contributed by atoms with Gasteiger partial charge in [0.2, 0.25) is 0 Å². The summed E-state index contributed by atoms with van der Waals surface area (Å²) in [5.41, 5.74) is 2.70. The maximum atomic E-state index is 5.50. The molecule has 2 rings (SSSR count). The van der Waals surface area contributed by atoms with Crippen molar-refractivity contribution in [1.29, 1.82) is 0 Å². The van der Waals surface area contributed by atoms with Crippen molar-refractivity contribution in [2.75, 3.05) is 11.4 Å². The van der Waals surface area contributed by atoms with Crippen LogP contribution in [0.5, 0.6) is 0 Å². The highest BCUT2D eigenvalue weighted by molar-refractivity contribution is 7.80. The molecule has 1 heterocycles. The van der Waals surface area contributed by atoms with E-state index >= 15 is 0 Å². The number of nitrogens with zero attached hydrogens (tertiary/aromatic N) is 1. The Kier molecular flexibility index (Phi) is 4.00. The molecular weight excluding hydrogens is 228 g/mol. The molecule has 0 radical (unpaired) electrons. The number of fused-ring (bicyclic) bond motifs is 1. The molecule has 0 bridgehead atoms. The van der Waals surface area contributed by atoms with Crippen molar-refractivity contribution in [3.05, 3.63) is 29.8 Å². The molecule has 0 fully saturated rings. The van der Waals surface area contributed by atoms with Crippen molar-refractivity contribution < 1.29 is 0 Å². The zero-order chi connectivity index (χ0) is 12.3. The Labute approximate surface area is 109 Å². The Balaban J connectivity index is 2.25. The van der Waals surface area contributed by atoms with Gasteiger partial charge in [0.05, 0.1) is 0 Å². The van der Waals surface area contributed by atoms with E-state index in [0.29, 0.717) is 6.04 Å². The molecule has 0 aromatic heterocycles. The Morgan fingerprint density at radius 3 is 2.82 bits per heavy atom. The Morgan fingerprint density at radius 2 is 2.06 bits per heavy atom. The predicted octanol–water partition coefficient (Wildman–Crippen LogP) is 3.11. The third kappa shape index (κ3) is 2.97. The molecular formula is C14H20N2S. The van der Waals surface area contributed by atoms with Gasteiger partial charge in [0.1, 0.15) is 0 Å². The minimum absolute atomic E-state index is 0.387. The van der Waals surface area contributed by atoms with Crippen LogP contribution in [0.4, 0.5) is 5.69 Å². The minimum atomic E-state index is 0.387. The lowest BCUT2D eigenvalue weighted by atomic mass is 10.1. The van der Waals surface area contributed by atoms with E-state index in [1.165, 1.54) is 24.1 Å². The van der Waals surface area contributed by atoms with E-state index in [0.717, 1.165) is 18.1 Å². The van der Waals surface area contributed by atoms with Crippen LogP contribution in [0.2, 0.25) is 0 Å². The number of aryl methyl sites for hydroxylation is 1. The fraction of sp³-hybridized carbons (Fsp3) is 0.500. The summed E-state index contributed by atoms with van der Waals surface area (Å²) in [5, 5.41) is 4.19. The number of hydrogen-bond acceptors (Lipinski definition) is 1. The van der Waals surface area contributed by atoms with Crippen LogP contribution < -0.4 is 10.2 Å². The first-order chi connectivity index (χ1) is 8.18. The first kappa shape index (κ1) is 12.4. The molecule has 0 spiro atoms. The van der Waals surface area contributed by atoms with Gasteiger partial charge in [0.15, 0.2) is 5.11 Å². The third-order valence-corrected chi connectivity index (χ3v) is 3.36. The van der Waals surface area contributed by atoms with Crippen molar-refractivity contribution in [1.82, 2.24) is 5.32 Å². The zero-order valence-corrected chi connectivity index (χ0v) is 11.4. The highest BCUT2D eigenvalue weighted by Gasteiger charge is 2.18. The van der Waals surface area contributed by atoms with Gasteiger partial charge in [-0.05, 0) is 57.0 Å². The molecule has 1 aromatic rings. The van der Waals surface area contributed by atoms with Crippen molar-refractivity contribution in [2.24, 2.45) is 0 Å². The van der Waals surface area contributed by atoms with Gasteiger partial charge in [0, 0.05) is 18.3 Å². The predicted molar refractivity (Wildman–Crippen MR) is 77.6 cm³/mol. The van der Waals surface area contributed by atoms with Gasteiger partial charge < -0.3 is 10.2 Å². The number of nitrogens with one attached hydrogen (secondary N) is 1. The molecule has 0 unspecified atom stereocenters. The van der Waals surface area contributed by atoms with Crippen molar-refractivity contribution >= 4 is 23.0 Å². The van der Waals surface area contributed by atoms with Gasteiger partial charge >= 0.3 is 0 Å². The molecule has 0 saturated heterocycles. The van der Waals surface area contributed by atoms with E-state index in [4.69, 9.17) is 12.2 Å². The second-order valence-electron chi connectivity index (χ2n) is 4.84. The lowest BCUT2D eigenvalue weighted by Gasteiger charge is -2.27. The third-order valence-electron chi connectivity index (χ3n) is 3.02. The summed E-state index contributed by atoms with van der Waals surface area (Å²) >= 11 is 5.50. The number of rotatable bonds is 1. The SMILES string of the molecule is CC(C)NC(=S)N1CCCCc2ccccc21. The number of thiocarbonyl (C=S) groups is 1. The van der Waals surface area contributed by atoms with E-state index in [1.807, 2.05) is 0 Å². The van der Waals surface area contributed by atoms with Crippen LogP contribution in [-0.2, 0) is 6.42 Å². The fourth-order valence-corrected chi connectivity index (χ4v) is 2.65. The maximum absolute atomic E-state index is 5.50. The topological polar surface area (TPSA) is 15.3 Å². The van der Waals surface area contributed by atoms with Gasteiger partial charge in [-0.1, -0.05) is 18.2 Å². The van der Waals surface area contributed by atoms with E-state index < -0.39 is 0 Å². The maximum Gasteiger partial charge on any atom is 0.173 e. The monoisotopic (exact) mass is 248 g/mol. The average molecular weight is 248 g/mol. The van der Waals surface area contributed by atoms with Gasteiger partial charge in [-0.3, -0.25) is 0 Å². The Bertz CT molecular complexity index is 401. The molecule has 3 heteroatoms. The number of anilines is 1. The largest absolute Gasteiger partial charge is 0.360 e. The molecule has 92 valence electrons. The molecule has 0 atom stereocenters. The summed E-state index contributed by atoms with van der Waals surface area (Å²) in [6, 6.07) is 8.98. The van der Waals surface area contributed by atoms with E-state index in [9.17, 15) is 0 Å². The molecule has 0 saturated carbocycles. The molecule has 0 amide bonds. The molecule has 1 aliphatic heterocycles. The first-order valence-electron chi connectivity index (χ1n) is 6.34. The van der Waals surface area contributed by atoms with Crippen LogP contribution in [0, 0.1) is 0 Å². The van der Waals surface area contributed by atoms with Gasteiger partial charge in [0.25, 0.3) is 0 Å². The normalized spacial score (nSPS) is 15.4. The van der Waals surface area contributed by atoms with Crippen LogP contribution in [0.1, 0.15) is 32.3 Å². The highest BCUT2D eigenvalue weighted by Crippen LogP contribution is 2.26. The summed E-state index contributed by atoms with van der Waals surface area (Å²) in [6.07, 6.45) is 3.61. The summed E-state index contributed by atoms with van der Waals surface area (Å²) in [5.74, 6) is 0. The summed E-state index contributed by atoms with van der Waals surface area (Å²) in [6.45, 7) is 5.27. The average Bonchev–Trinajstić information content (AvgIpc) is 2.50. The van der Waals surface area contributed by atoms with Gasteiger partial charge in [-0.15, -0.1) is 0 Å². The molecule has 17 heavy (non-hydrogen) atoms. The van der Waals surface area contributed by atoms with E-state index in [-0.39, 0.29) is 0 Å². The second kappa shape index (κ2) is 5.50. The van der Waals surface area contributed by atoms with E-state index in [1.54, 1.807) is 0 Å². The van der Waals surface area contributed by atoms with Crippen molar-refractivity contribution in [3.63, 3.8) is 0 Å². The minimum Gasteiger partial charge on any atom is -0.360 e. The standard InChI is InChI=1S/C14H20N2S/c1-11(2)15-14(17)16-10-6-5-8-12-7-3-4-9-13(12)16/h3-4,7,9,11H,5-6,8,10H2,1-2H3,(H,15,17). The van der Waals surface area contributed by atoms with Crippen LogP contribution in [0.25, 0.3) is 0 Å². The lowest BCUT2D eigenvalue weighted by Crippen LogP contribution is -2.43. The Hall–Kier alpha value is -1.09. The summed E-state index contributed by atoms with van der Waals surface area (Å²) in [7, 11) is 0. The number of benzene rings is 1. The van der Waals surface area contributed by atoms with Crippen molar-refractivity contribution in [3.8, 4) is 0 Å². The zero-order valence-electron chi connectivity index (χ0n) is 10.6. The smallest absolute Gasteiger partial charge is 0.173 e. The van der Waals surface area contributed by atoms with Crippen LogP contribution in [-0.4, -0.2) is 17.7 Å². The molecule has 1 aliphatic rings. The first-order valence-corrected chi connectivity index (χ1v) is 6.75. The van der Waals surface area contributed by atoms with Crippen molar-refractivity contribution in [2.45, 2.75) is 39.2 Å². The number of hydrogen-bond donors (Lipinski definition) is 1. The summed E-state index contributed by atoms with van der Waals surface area (Å²) in [4.78, 5) is 2.25. The van der Waals surface area contributed by atoms with Gasteiger partial charge in [-0.2, -0.15) is 0 Å². The van der Waals surface area contributed by atoms with E-state index in [2.05, 4.69) is 48.3 Å². The van der Waals surface area contributed by atoms with Crippen LogP contribution in [0.15, 0.2) is 24.3 Å². The fourth-order valence-electron chi connectivity index (χ4n) is 2.23. The molecule has 1 aromatic carbocycles. The quantitative estimate of drug-likeness (QED) is 0.769. The molecule has 2 nitrogen and oxygen atoms in total. The van der Waals surface area contributed by atoms with Crippen LogP contribution >= 0.6 is 12.2 Å². The Morgan fingerprint density at radius 1 is 1.29 bits per heavy atom. The summed E-state index contributed by atoms with van der Waals surface area (Å²) < 4.78 is 0. The molecule has 1 N–H and O–H groups in total. The number of para-hydroxylation sites is 1. The van der Waals surface area contributed by atoms with Crippen LogP contribution in [0.3, 0.4) is 0 Å². The molecule has 0 aliphatic carbocycles. The highest BCUT2D eigenvalue weighted by atomic mass is 32.1. The lowest BCUT2D eigenvalue weighted by molar-refractivity contribution is 0.715. The second-order valence-corrected chi connectivity index (χ2v) is 5.23.